The van der Waals surface area contributed by atoms with Crippen LogP contribution in [0.5, 0.6) is 11.5 Å². The van der Waals surface area contributed by atoms with Crippen molar-refractivity contribution in [2.45, 2.75) is 31.8 Å². The highest BCUT2D eigenvalue weighted by Crippen LogP contribution is 2.39. The van der Waals surface area contributed by atoms with E-state index in [1.54, 1.807) is 6.92 Å². The number of amides is 1. The molecule has 13 nitrogen and oxygen atoms in total. The van der Waals surface area contributed by atoms with Crippen molar-refractivity contribution < 1.29 is 33.1 Å². The van der Waals surface area contributed by atoms with Crippen LogP contribution in [0.15, 0.2) is 21.3 Å². The molecule has 1 saturated carbocycles. The van der Waals surface area contributed by atoms with Crippen LogP contribution in [0.25, 0.3) is 11.5 Å². The van der Waals surface area contributed by atoms with Gasteiger partial charge < -0.3 is 23.9 Å². The normalized spacial score (nSPS) is 13.9. The Labute approximate surface area is 175 Å². The Hall–Kier alpha value is -3.90. The molecular weight excluding hydrogens is 416 g/mol. The first-order valence-electron chi connectivity index (χ1n) is 9.21. The summed E-state index contributed by atoms with van der Waals surface area (Å²) >= 11 is 0. The number of methoxy groups -OCH3 is 2. The van der Waals surface area contributed by atoms with Gasteiger partial charge in [0.05, 0.1) is 31.8 Å². The standard InChI is InChI=1S/C18H20N4O9/c1-4-30-16(24)18(5-6-18)19-14(23)9-21-17(25)31-15(20-21)10-7-12(28-2)13(29-3)8-11(10)22(26)27/h7-8H,4-6,9H2,1-3H3,(H,19,23). The molecule has 0 spiro atoms. The Bertz CT molecular complexity index is 1080. The van der Waals surface area contributed by atoms with Gasteiger partial charge in [0.1, 0.15) is 17.6 Å². The van der Waals surface area contributed by atoms with Crippen LogP contribution in [0.2, 0.25) is 0 Å². The highest BCUT2D eigenvalue weighted by Gasteiger charge is 2.52. The summed E-state index contributed by atoms with van der Waals surface area (Å²) in [6.07, 6.45) is 0.850. The molecule has 31 heavy (non-hydrogen) atoms. The number of carbonyl (C=O) groups is 2. The summed E-state index contributed by atoms with van der Waals surface area (Å²) in [6, 6.07) is 2.35. The van der Waals surface area contributed by atoms with Crippen LogP contribution < -0.4 is 20.5 Å². The first kappa shape index (κ1) is 21.8. The van der Waals surface area contributed by atoms with Gasteiger partial charge >= 0.3 is 11.7 Å². The lowest BCUT2D eigenvalue weighted by atomic mass is 10.1. The number of hydrogen-bond acceptors (Lipinski definition) is 10. The second-order valence-electron chi connectivity index (χ2n) is 6.66. The Balaban J connectivity index is 1.86. The molecule has 0 unspecified atom stereocenters. The van der Waals surface area contributed by atoms with E-state index < -0.39 is 40.3 Å². The molecule has 1 aromatic heterocycles. The molecule has 0 aliphatic heterocycles. The maximum atomic E-state index is 12.3. The van der Waals surface area contributed by atoms with E-state index in [0.29, 0.717) is 17.5 Å². The summed E-state index contributed by atoms with van der Waals surface area (Å²) in [4.78, 5) is 47.2. The molecule has 13 heteroatoms. The number of nitro groups is 1. The second-order valence-corrected chi connectivity index (χ2v) is 6.66. The lowest BCUT2D eigenvalue weighted by molar-refractivity contribution is -0.384. The number of benzene rings is 1. The number of nitrogens with one attached hydrogen (secondary N) is 1. The van der Waals surface area contributed by atoms with Crippen molar-refractivity contribution in [3.8, 4) is 23.0 Å². The van der Waals surface area contributed by atoms with Crippen LogP contribution in [-0.2, 0) is 20.9 Å². The zero-order valence-electron chi connectivity index (χ0n) is 17.0. The summed E-state index contributed by atoms with van der Waals surface area (Å²) in [5.74, 6) is -2.32. The monoisotopic (exact) mass is 436 g/mol. The Morgan fingerprint density at radius 1 is 1.29 bits per heavy atom. The first-order chi connectivity index (χ1) is 14.7. The average Bonchev–Trinajstić information content (AvgIpc) is 3.43. The van der Waals surface area contributed by atoms with E-state index in [1.165, 1.54) is 20.3 Å². The van der Waals surface area contributed by atoms with Crippen LogP contribution >= 0.6 is 0 Å². The number of hydrogen-bond donors (Lipinski definition) is 1. The molecule has 1 amide bonds. The summed E-state index contributed by atoms with van der Waals surface area (Å²) in [6.45, 7) is 1.27. The predicted molar refractivity (Wildman–Crippen MR) is 103 cm³/mol. The van der Waals surface area contributed by atoms with Gasteiger partial charge in [0.2, 0.25) is 5.91 Å². The van der Waals surface area contributed by atoms with Crippen molar-refractivity contribution in [3.63, 3.8) is 0 Å². The highest BCUT2D eigenvalue weighted by atomic mass is 16.6. The van der Waals surface area contributed by atoms with Gasteiger partial charge in [-0.25, -0.2) is 9.59 Å². The van der Waals surface area contributed by atoms with Gasteiger partial charge in [-0.2, -0.15) is 4.68 Å². The van der Waals surface area contributed by atoms with Crippen LogP contribution in [0.1, 0.15) is 19.8 Å². The van der Waals surface area contributed by atoms with Crippen LogP contribution in [0, 0.1) is 10.1 Å². The van der Waals surface area contributed by atoms with Gasteiger partial charge in [-0.3, -0.25) is 14.9 Å². The molecule has 1 N–H and O–H groups in total. The van der Waals surface area contributed by atoms with Crippen molar-refractivity contribution in [1.82, 2.24) is 15.1 Å². The molecule has 3 rings (SSSR count). The summed E-state index contributed by atoms with van der Waals surface area (Å²) < 4.78 is 20.8. The van der Waals surface area contributed by atoms with Crippen molar-refractivity contribution in [2.75, 3.05) is 20.8 Å². The molecular formula is C18H20N4O9. The minimum Gasteiger partial charge on any atom is -0.493 e. The number of nitro benzene ring substituents is 1. The van der Waals surface area contributed by atoms with Gasteiger partial charge in [-0.05, 0) is 19.8 Å². The van der Waals surface area contributed by atoms with Crippen LogP contribution in [0.4, 0.5) is 5.69 Å². The lowest BCUT2D eigenvalue weighted by Crippen LogP contribution is -2.46. The molecule has 1 fully saturated rings. The molecule has 1 aromatic carbocycles. The van der Waals surface area contributed by atoms with E-state index in [9.17, 15) is 24.5 Å². The second kappa shape index (κ2) is 8.45. The Morgan fingerprint density at radius 3 is 2.48 bits per heavy atom. The summed E-state index contributed by atoms with van der Waals surface area (Å²) in [5, 5.41) is 17.9. The van der Waals surface area contributed by atoms with E-state index >= 15 is 0 Å². The molecule has 1 aliphatic rings. The Kier molecular flexibility index (Phi) is 5.95. The summed E-state index contributed by atoms with van der Waals surface area (Å²) in [5.41, 5.74) is -1.66. The lowest BCUT2D eigenvalue weighted by Gasteiger charge is -2.15. The van der Waals surface area contributed by atoms with Crippen molar-refractivity contribution in [2.24, 2.45) is 0 Å². The SMILES string of the molecule is CCOC(=O)C1(NC(=O)Cn2nc(-c3cc(OC)c(OC)cc3[N+](=O)[O-])oc2=O)CC1. The highest BCUT2D eigenvalue weighted by molar-refractivity contribution is 5.90. The molecule has 2 aromatic rings. The molecule has 0 saturated heterocycles. The third-order valence-corrected chi connectivity index (χ3v) is 4.62. The van der Waals surface area contributed by atoms with Crippen LogP contribution in [-0.4, -0.2) is 52.9 Å². The fourth-order valence-corrected chi connectivity index (χ4v) is 2.92. The molecule has 166 valence electrons. The minimum atomic E-state index is -1.09. The molecule has 0 bridgehead atoms. The number of ether oxygens (including phenoxy) is 3. The fourth-order valence-electron chi connectivity index (χ4n) is 2.92. The zero-order chi connectivity index (χ0) is 22.8. The van der Waals surface area contributed by atoms with E-state index in [-0.39, 0.29) is 29.6 Å². The Morgan fingerprint density at radius 2 is 1.94 bits per heavy atom. The van der Waals surface area contributed by atoms with E-state index in [0.717, 1.165) is 6.07 Å². The quantitative estimate of drug-likeness (QED) is 0.335. The van der Waals surface area contributed by atoms with Crippen molar-refractivity contribution in [1.29, 1.82) is 0 Å². The minimum absolute atomic E-state index is 0.104. The fraction of sp³-hybridized carbons (Fsp3) is 0.444. The maximum Gasteiger partial charge on any atom is 0.437 e. The summed E-state index contributed by atoms with van der Waals surface area (Å²) in [7, 11) is 2.65. The van der Waals surface area contributed by atoms with Crippen LogP contribution in [0.3, 0.4) is 0 Å². The number of carbonyl (C=O) groups excluding carboxylic acids is 2. The smallest absolute Gasteiger partial charge is 0.437 e. The molecule has 1 aliphatic carbocycles. The first-order valence-corrected chi connectivity index (χ1v) is 9.21. The molecule has 0 radical (unpaired) electrons. The predicted octanol–water partition coefficient (Wildman–Crippen LogP) is 0.641. The maximum absolute atomic E-state index is 12.3. The average molecular weight is 436 g/mol. The van der Waals surface area contributed by atoms with Crippen molar-refractivity contribution >= 4 is 17.6 Å². The third kappa shape index (κ3) is 4.34. The van der Waals surface area contributed by atoms with E-state index in [2.05, 4.69) is 10.4 Å². The van der Waals surface area contributed by atoms with Gasteiger partial charge in [-0.15, -0.1) is 5.10 Å². The van der Waals surface area contributed by atoms with E-state index in [4.69, 9.17) is 18.6 Å². The number of aromatic nitrogens is 2. The third-order valence-electron chi connectivity index (χ3n) is 4.62. The number of nitrogens with zero attached hydrogens (tertiary/aromatic N) is 3. The topological polar surface area (TPSA) is 165 Å². The van der Waals surface area contributed by atoms with Gasteiger partial charge in [0, 0.05) is 6.07 Å². The van der Waals surface area contributed by atoms with Gasteiger partial charge in [0.15, 0.2) is 11.5 Å². The largest absolute Gasteiger partial charge is 0.493 e. The van der Waals surface area contributed by atoms with E-state index in [1.807, 2.05) is 0 Å². The van der Waals surface area contributed by atoms with Crippen molar-refractivity contribution in [3.05, 3.63) is 32.8 Å². The number of rotatable bonds is 9. The van der Waals surface area contributed by atoms with Gasteiger partial charge in [0.25, 0.3) is 11.6 Å². The van der Waals surface area contributed by atoms with Gasteiger partial charge in [-0.1, -0.05) is 0 Å². The molecule has 0 atom stereocenters. The number of esters is 1. The molecule has 1 heterocycles. The zero-order valence-corrected chi connectivity index (χ0v) is 17.0.